The van der Waals surface area contributed by atoms with Crippen LogP contribution < -0.4 is 10.6 Å². The summed E-state index contributed by atoms with van der Waals surface area (Å²) in [6.45, 7) is 1.82. The highest BCUT2D eigenvalue weighted by atomic mass is 127. The van der Waals surface area contributed by atoms with Crippen molar-refractivity contribution in [2.75, 3.05) is 13.1 Å². The maximum Gasteiger partial charge on any atom is 0.434 e. The van der Waals surface area contributed by atoms with Gasteiger partial charge in [0.25, 0.3) is 0 Å². The van der Waals surface area contributed by atoms with Crippen LogP contribution in [0.25, 0.3) is 0 Å². The summed E-state index contributed by atoms with van der Waals surface area (Å²) in [5.74, 6) is 0.625. The van der Waals surface area contributed by atoms with Gasteiger partial charge in [-0.3, -0.25) is 4.99 Å². The molecular formula is C9H12F3IN4S. The number of thiazole rings is 1. The highest BCUT2D eigenvalue weighted by Crippen LogP contribution is 2.29. The predicted octanol–water partition coefficient (Wildman–Crippen LogP) is 2.22. The number of hydrogen-bond acceptors (Lipinski definition) is 5. The van der Waals surface area contributed by atoms with Crippen LogP contribution in [0.15, 0.2) is 10.4 Å². The maximum absolute atomic E-state index is 12.3. The molecule has 0 aliphatic carbocycles. The molecule has 1 aromatic heterocycles. The van der Waals surface area contributed by atoms with E-state index in [-0.39, 0.29) is 30.5 Å². The number of guanidine groups is 1. The molecule has 0 fully saturated rings. The molecule has 102 valence electrons. The molecule has 0 bridgehead atoms. The van der Waals surface area contributed by atoms with Gasteiger partial charge in [0.1, 0.15) is 5.01 Å². The minimum atomic E-state index is -4.37. The summed E-state index contributed by atoms with van der Waals surface area (Å²) in [5.41, 5.74) is -0.835. The lowest BCUT2D eigenvalue weighted by Crippen LogP contribution is -2.40. The monoisotopic (exact) mass is 392 g/mol. The van der Waals surface area contributed by atoms with Crippen molar-refractivity contribution in [2.45, 2.75) is 19.1 Å². The van der Waals surface area contributed by atoms with Crippen molar-refractivity contribution in [3.8, 4) is 0 Å². The zero-order chi connectivity index (χ0) is 12.3. The van der Waals surface area contributed by atoms with Crippen LogP contribution in [0, 0.1) is 0 Å². The van der Waals surface area contributed by atoms with Crippen molar-refractivity contribution in [1.82, 2.24) is 15.6 Å². The van der Waals surface area contributed by atoms with Crippen molar-refractivity contribution >= 4 is 41.3 Å². The fourth-order valence-corrected chi connectivity index (χ4v) is 2.07. The number of nitrogens with zero attached hydrogens (tertiary/aromatic N) is 2. The average Bonchev–Trinajstić information content (AvgIpc) is 2.76. The third kappa shape index (κ3) is 4.26. The fourth-order valence-electron chi connectivity index (χ4n) is 1.33. The number of rotatable bonds is 2. The standard InChI is InChI=1S/C9H11F3N4S.HI/c10-9(11,12)6-5-17-7(16-6)4-15-8-13-2-1-3-14-8;/h5H,1-4H2,(H2,13,14,15);1H. The van der Waals surface area contributed by atoms with Crippen molar-refractivity contribution in [2.24, 2.45) is 4.99 Å². The third-order valence-corrected chi connectivity index (χ3v) is 3.00. The number of hydrogen-bond donors (Lipinski definition) is 2. The van der Waals surface area contributed by atoms with E-state index >= 15 is 0 Å². The molecular weight excluding hydrogens is 380 g/mol. The lowest BCUT2D eigenvalue weighted by atomic mass is 10.4. The summed E-state index contributed by atoms with van der Waals surface area (Å²) >= 11 is 0.989. The highest BCUT2D eigenvalue weighted by molar-refractivity contribution is 14.0. The van der Waals surface area contributed by atoms with E-state index in [1.807, 2.05) is 0 Å². The van der Waals surface area contributed by atoms with Crippen LogP contribution in [-0.4, -0.2) is 24.0 Å². The van der Waals surface area contributed by atoms with E-state index < -0.39 is 11.9 Å². The van der Waals surface area contributed by atoms with Crippen LogP contribution in [0.4, 0.5) is 13.2 Å². The van der Waals surface area contributed by atoms with Crippen molar-refractivity contribution in [3.05, 3.63) is 16.1 Å². The zero-order valence-electron chi connectivity index (χ0n) is 9.25. The van der Waals surface area contributed by atoms with Gasteiger partial charge in [0.2, 0.25) is 0 Å². The molecule has 0 radical (unpaired) electrons. The Morgan fingerprint density at radius 2 is 2.22 bits per heavy atom. The van der Waals surface area contributed by atoms with E-state index in [2.05, 4.69) is 20.6 Å². The number of alkyl halides is 3. The topological polar surface area (TPSA) is 49.3 Å². The predicted molar refractivity (Wildman–Crippen MR) is 74.3 cm³/mol. The molecule has 0 unspecified atom stereocenters. The van der Waals surface area contributed by atoms with Crippen LogP contribution in [-0.2, 0) is 12.7 Å². The van der Waals surface area contributed by atoms with Gasteiger partial charge in [-0.1, -0.05) is 0 Å². The maximum atomic E-state index is 12.3. The molecule has 0 spiro atoms. The Bertz CT molecular complexity index is 418. The Morgan fingerprint density at radius 3 is 2.78 bits per heavy atom. The molecule has 2 N–H and O–H groups in total. The van der Waals surface area contributed by atoms with Gasteiger partial charge >= 0.3 is 6.18 Å². The second-order valence-corrected chi connectivity index (χ2v) is 4.43. The quantitative estimate of drug-likeness (QED) is 0.760. The summed E-state index contributed by atoms with van der Waals surface area (Å²) in [5, 5.41) is 7.36. The summed E-state index contributed by atoms with van der Waals surface area (Å²) in [4.78, 5) is 7.66. The molecule has 0 atom stereocenters. The van der Waals surface area contributed by atoms with Crippen LogP contribution in [0.3, 0.4) is 0 Å². The Kier molecular flexibility index (Phi) is 5.63. The molecule has 4 nitrogen and oxygen atoms in total. The minimum Gasteiger partial charge on any atom is -0.356 e. The summed E-state index contributed by atoms with van der Waals surface area (Å²) in [6, 6.07) is 0. The van der Waals surface area contributed by atoms with Gasteiger partial charge < -0.3 is 10.6 Å². The van der Waals surface area contributed by atoms with Gasteiger partial charge in [0, 0.05) is 18.5 Å². The molecule has 1 aliphatic rings. The third-order valence-electron chi connectivity index (χ3n) is 2.15. The molecule has 0 saturated heterocycles. The lowest BCUT2D eigenvalue weighted by Gasteiger charge is -2.15. The molecule has 2 heterocycles. The highest BCUT2D eigenvalue weighted by Gasteiger charge is 2.33. The van der Waals surface area contributed by atoms with Gasteiger partial charge in [-0.2, -0.15) is 13.2 Å². The van der Waals surface area contributed by atoms with E-state index in [9.17, 15) is 13.2 Å². The first-order valence-corrected chi connectivity index (χ1v) is 5.97. The number of nitrogens with one attached hydrogen (secondary N) is 2. The Hall–Kier alpha value is -0.580. The summed E-state index contributed by atoms with van der Waals surface area (Å²) in [6.07, 6.45) is -3.39. The first-order chi connectivity index (χ1) is 8.05. The minimum absolute atomic E-state index is 0. The second kappa shape index (κ2) is 6.55. The van der Waals surface area contributed by atoms with Crippen LogP contribution in [0.1, 0.15) is 17.1 Å². The molecule has 0 saturated carbocycles. The lowest BCUT2D eigenvalue weighted by molar-refractivity contribution is -0.140. The van der Waals surface area contributed by atoms with Crippen molar-refractivity contribution in [1.29, 1.82) is 0 Å². The van der Waals surface area contributed by atoms with Crippen molar-refractivity contribution in [3.63, 3.8) is 0 Å². The van der Waals surface area contributed by atoms with Gasteiger partial charge in [-0.25, -0.2) is 4.98 Å². The van der Waals surface area contributed by atoms with Gasteiger partial charge in [0.05, 0.1) is 6.54 Å². The first-order valence-electron chi connectivity index (χ1n) is 5.09. The van der Waals surface area contributed by atoms with Crippen LogP contribution in [0.2, 0.25) is 0 Å². The molecule has 1 aromatic rings. The Morgan fingerprint density at radius 1 is 1.44 bits per heavy atom. The van der Waals surface area contributed by atoms with E-state index in [0.29, 0.717) is 11.0 Å². The van der Waals surface area contributed by atoms with Crippen molar-refractivity contribution < 1.29 is 13.2 Å². The van der Waals surface area contributed by atoms with Gasteiger partial charge in [-0.15, -0.1) is 35.3 Å². The zero-order valence-corrected chi connectivity index (χ0v) is 12.4. The van der Waals surface area contributed by atoms with Crippen LogP contribution in [0.5, 0.6) is 0 Å². The second-order valence-electron chi connectivity index (χ2n) is 3.49. The molecule has 2 rings (SSSR count). The SMILES string of the molecule is FC(F)(F)c1csc(CNC2=NCCCN2)n1.I. The number of halogens is 4. The van der Waals surface area contributed by atoms with Crippen LogP contribution >= 0.6 is 35.3 Å². The smallest absolute Gasteiger partial charge is 0.356 e. The normalized spacial score (nSPS) is 15.4. The molecule has 0 amide bonds. The fraction of sp³-hybridized carbons (Fsp3) is 0.556. The number of aliphatic imine (C=N–C) groups is 1. The van der Waals surface area contributed by atoms with E-state index in [4.69, 9.17) is 0 Å². The largest absolute Gasteiger partial charge is 0.434 e. The van der Waals surface area contributed by atoms with Gasteiger partial charge in [-0.05, 0) is 6.42 Å². The molecule has 9 heteroatoms. The van der Waals surface area contributed by atoms with Gasteiger partial charge in [0.15, 0.2) is 11.7 Å². The molecule has 18 heavy (non-hydrogen) atoms. The molecule has 0 aromatic carbocycles. The summed E-state index contributed by atoms with van der Waals surface area (Å²) in [7, 11) is 0. The molecule has 1 aliphatic heterocycles. The summed E-state index contributed by atoms with van der Waals surface area (Å²) < 4.78 is 36.9. The number of aromatic nitrogens is 1. The first kappa shape index (κ1) is 15.5. The average molecular weight is 392 g/mol. The van der Waals surface area contributed by atoms with E-state index in [1.54, 1.807) is 0 Å². The van der Waals surface area contributed by atoms with E-state index in [1.165, 1.54) is 0 Å². The Labute approximate surface area is 123 Å². The Balaban J connectivity index is 0.00000162. The van der Waals surface area contributed by atoms with E-state index in [0.717, 1.165) is 36.2 Å².